The first-order valence-corrected chi connectivity index (χ1v) is 9.33. The second-order valence-corrected chi connectivity index (χ2v) is 7.08. The fraction of sp³-hybridized carbons (Fsp3) is 0.632. The van der Waals surface area contributed by atoms with Crippen molar-refractivity contribution in [1.82, 2.24) is 10.2 Å². The van der Waals surface area contributed by atoms with Gasteiger partial charge in [0.15, 0.2) is 17.3 Å². The van der Waals surface area contributed by atoms with Gasteiger partial charge in [-0.25, -0.2) is 0 Å². The summed E-state index contributed by atoms with van der Waals surface area (Å²) >= 11 is 0. The summed E-state index contributed by atoms with van der Waals surface area (Å²) in [5.74, 6) is 1.13. The minimum absolute atomic E-state index is 0.0246. The zero-order valence-electron chi connectivity index (χ0n) is 15.2. The molecule has 0 bridgehead atoms. The van der Waals surface area contributed by atoms with E-state index in [-0.39, 0.29) is 11.9 Å². The Morgan fingerprint density at radius 3 is 2.54 bits per heavy atom. The molecule has 3 aliphatic heterocycles. The molecule has 1 N–H and O–H groups in total. The number of fused-ring (bicyclic) bond motifs is 1. The van der Waals surface area contributed by atoms with Gasteiger partial charge in [-0.1, -0.05) is 6.07 Å². The molecule has 2 fully saturated rings. The number of rotatable bonds is 4. The SMILES string of the molecule is C[C@@H](NC(=O)CN1CCC2(CC1)OCCO2)c1ccc2c(c1)OCCO2. The lowest BCUT2D eigenvalue weighted by molar-refractivity contribution is -0.185. The van der Waals surface area contributed by atoms with E-state index in [9.17, 15) is 4.79 Å². The lowest BCUT2D eigenvalue weighted by Crippen LogP contribution is -2.48. The van der Waals surface area contributed by atoms with Crippen LogP contribution in [0.4, 0.5) is 0 Å². The summed E-state index contributed by atoms with van der Waals surface area (Å²) in [5.41, 5.74) is 1.01. The molecule has 0 radical (unpaired) electrons. The van der Waals surface area contributed by atoms with Crippen LogP contribution in [0.2, 0.25) is 0 Å². The van der Waals surface area contributed by atoms with Crippen molar-refractivity contribution in [3.05, 3.63) is 23.8 Å². The number of carbonyl (C=O) groups excluding carboxylic acids is 1. The zero-order chi connectivity index (χ0) is 18.0. The molecular weight excluding hydrogens is 336 g/mol. The number of carbonyl (C=O) groups is 1. The molecule has 1 aromatic carbocycles. The molecule has 1 aromatic rings. The zero-order valence-corrected chi connectivity index (χ0v) is 15.2. The molecule has 1 spiro atoms. The molecular formula is C19H26N2O5. The van der Waals surface area contributed by atoms with Gasteiger partial charge in [-0.2, -0.15) is 0 Å². The molecule has 1 amide bonds. The molecule has 0 aliphatic carbocycles. The Hall–Kier alpha value is -1.83. The van der Waals surface area contributed by atoms with Crippen molar-refractivity contribution in [3.63, 3.8) is 0 Å². The maximum absolute atomic E-state index is 12.4. The molecule has 1 atom stereocenters. The van der Waals surface area contributed by atoms with E-state index < -0.39 is 5.79 Å². The summed E-state index contributed by atoms with van der Waals surface area (Å²) in [6.45, 7) is 6.48. The van der Waals surface area contributed by atoms with Crippen molar-refractivity contribution in [2.24, 2.45) is 0 Å². The van der Waals surface area contributed by atoms with Crippen LogP contribution in [0, 0.1) is 0 Å². The molecule has 4 rings (SSSR count). The second-order valence-electron chi connectivity index (χ2n) is 7.08. The molecule has 0 unspecified atom stereocenters. The average Bonchev–Trinajstić information content (AvgIpc) is 3.11. The Labute approximate surface area is 153 Å². The molecule has 7 heteroatoms. The van der Waals surface area contributed by atoms with Crippen LogP contribution in [0.5, 0.6) is 11.5 Å². The fourth-order valence-electron chi connectivity index (χ4n) is 3.74. The van der Waals surface area contributed by atoms with E-state index in [1.165, 1.54) is 0 Å². The van der Waals surface area contributed by atoms with Crippen molar-refractivity contribution in [2.45, 2.75) is 31.6 Å². The van der Waals surface area contributed by atoms with E-state index in [0.29, 0.717) is 33.0 Å². The van der Waals surface area contributed by atoms with Crippen LogP contribution in [0.1, 0.15) is 31.4 Å². The van der Waals surface area contributed by atoms with Crippen LogP contribution in [0.25, 0.3) is 0 Å². The van der Waals surface area contributed by atoms with Gasteiger partial charge in [0.05, 0.1) is 25.8 Å². The topological polar surface area (TPSA) is 69.3 Å². The number of piperidine rings is 1. The highest BCUT2D eigenvalue weighted by atomic mass is 16.7. The Bertz CT molecular complexity index is 649. The normalized spacial score (nSPS) is 23.0. The maximum Gasteiger partial charge on any atom is 0.234 e. The number of ether oxygens (including phenoxy) is 4. The van der Waals surface area contributed by atoms with Gasteiger partial charge in [0.25, 0.3) is 0 Å². The van der Waals surface area contributed by atoms with Gasteiger partial charge in [-0.3, -0.25) is 9.69 Å². The Balaban J connectivity index is 1.28. The molecule has 3 aliphatic rings. The van der Waals surface area contributed by atoms with Crippen LogP contribution in [0.15, 0.2) is 18.2 Å². The Kier molecular flexibility index (Phi) is 5.02. The lowest BCUT2D eigenvalue weighted by Gasteiger charge is -2.37. The molecule has 0 aromatic heterocycles. The number of amides is 1. The monoisotopic (exact) mass is 362 g/mol. The van der Waals surface area contributed by atoms with Gasteiger partial charge < -0.3 is 24.3 Å². The third-order valence-electron chi connectivity index (χ3n) is 5.24. The van der Waals surface area contributed by atoms with Crippen LogP contribution in [0.3, 0.4) is 0 Å². The summed E-state index contributed by atoms with van der Waals surface area (Å²) < 4.78 is 22.6. The summed E-state index contributed by atoms with van der Waals surface area (Å²) in [4.78, 5) is 14.6. The number of hydrogen-bond acceptors (Lipinski definition) is 6. The van der Waals surface area contributed by atoms with E-state index >= 15 is 0 Å². The van der Waals surface area contributed by atoms with Crippen LogP contribution < -0.4 is 14.8 Å². The molecule has 2 saturated heterocycles. The predicted octanol–water partition coefficient (Wildman–Crippen LogP) is 1.47. The largest absolute Gasteiger partial charge is 0.486 e. The Morgan fingerprint density at radius 1 is 1.12 bits per heavy atom. The minimum atomic E-state index is -0.397. The van der Waals surface area contributed by atoms with Crippen LogP contribution in [-0.2, 0) is 14.3 Å². The first kappa shape index (κ1) is 17.6. The quantitative estimate of drug-likeness (QED) is 0.875. The van der Waals surface area contributed by atoms with E-state index in [1.807, 2.05) is 25.1 Å². The summed E-state index contributed by atoms with van der Waals surface area (Å²) in [6.07, 6.45) is 1.63. The van der Waals surface area contributed by atoms with E-state index in [2.05, 4.69) is 10.2 Å². The molecule has 142 valence electrons. The third kappa shape index (κ3) is 3.79. The van der Waals surface area contributed by atoms with Gasteiger partial charge in [0, 0.05) is 25.9 Å². The van der Waals surface area contributed by atoms with Crippen molar-refractivity contribution in [3.8, 4) is 11.5 Å². The summed E-state index contributed by atoms with van der Waals surface area (Å²) in [5, 5.41) is 3.07. The van der Waals surface area contributed by atoms with Crippen molar-refractivity contribution in [2.75, 3.05) is 46.1 Å². The molecule has 0 saturated carbocycles. The van der Waals surface area contributed by atoms with Crippen LogP contribution in [-0.4, -0.2) is 62.7 Å². The third-order valence-corrected chi connectivity index (χ3v) is 5.24. The van der Waals surface area contributed by atoms with E-state index in [0.717, 1.165) is 43.0 Å². The highest BCUT2D eigenvalue weighted by molar-refractivity contribution is 5.78. The molecule has 26 heavy (non-hydrogen) atoms. The van der Waals surface area contributed by atoms with Crippen molar-refractivity contribution in [1.29, 1.82) is 0 Å². The van der Waals surface area contributed by atoms with Gasteiger partial charge in [0.1, 0.15) is 13.2 Å². The second kappa shape index (κ2) is 7.42. The lowest BCUT2D eigenvalue weighted by atomic mass is 10.0. The first-order chi connectivity index (χ1) is 12.6. The fourth-order valence-corrected chi connectivity index (χ4v) is 3.74. The first-order valence-electron chi connectivity index (χ1n) is 9.33. The maximum atomic E-state index is 12.4. The van der Waals surface area contributed by atoms with Gasteiger partial charge >= 0.3 is 0 Å². The highest BCUT2D eigenvalue weighted by Gasteiger charge is 2.39. The van der Waals surface area contributed by atoms with E-state index in [1.54, 1.807) is 0 Å². The summed E-state index contributed by atoms with van der Waals surface area (Å²) in [7, 11) is 0. The average molecular weight is 362 g/mol. The number of nitrogens with one attached hydrogen (secondary N) is 1. The smallest absolute Gasteiger partial charge is 0.234 e. The van der Waals surface area contributed by atoms with Crippen LogP contribution >= 0.6 is 0 Å². The highest BCUT2D eigenvalue weighted by Crippen LogP contribution is 2.33. The summed E-state index contributed by atoms with van der Waals surface area (Å²) in [6, 6.07) is 5.73. The van der Waals surface area contributed by atoms with Gasteiger partial charge in [-0.05, 0) is 24.6 Å². The number of hydrogen-bond donors (Lipinski definition) is 1. The number of benzene rings is 1. The van der Waals surface area contributed by atoms with Gasteiger partial charge in [0.2, 0.25) is 5.91 Å². The van der Waals surface area contributed by atoms with Gasteiger partial charge in [-0.15, -0.1) is 0 Å². The molecule has 7 nitrogen and oxygen atoms in total. The van der Waals surface area contributed by atoms with E-state index in [4.69, 9.17) is 18.9 Å². The molecule has 3 heterocycles. The predicted molar refractivity (Wildman–Crippen MR) is 94.3 cm³/mol. The minimum Gasteiger partial charge on any atom is -0.486 e. The number of nitrogens with zero attached hydrogens (tertiary/aromatic N) is 1. The standard InChI is InChI=1S/C19H26N2O5/c1-14(15-2-3-16-17(12-15)24-9-8-23-16)20-18(22)13-21-6-4-19(5-7-21)25-10-11-26-19/h2-3,12,14H,4-11,13H2,1H3,(H,20,22)/t14-/m1/s1. The Morgan fingerprint density at radius 2 is 1.81 bits per heavy atom. The number of likely N-dealkylation sites (tertiary alicyclic amines) is 1. The van der Waals surface area contributed by atoms with Crippen molar-refractivity contribution < 1.29 is 23.7 Å². The van der Waals surface area contributed by atoms with Crippen molar-refractivity contribution >= 4 is 5.91 Å².